The van der Waals surface area contributed by atoms with Crippen molar-refractivity contribution in [3.63, 3.8) is 0 Å². The molecule has 0 aromatic heterocycles. The highest BCUT2D eigenvalue weighted by molar-refractivity contribution is 5.83. The van der Waals surface area contributed by atoms with Crippen molar-refractivity contribution in [2.75, 3.05) is 0 Å². The Morgan fingerprint density at radius 2 is 2.00 bits per heavy atom. The van der Waals surface area contributed by atoms with Gasteiger partial charge in [0, 0.05) is 12.1 Å². The molecule has 5 nitrogen and oxygen atoms in total. The summed E-state index contributed by atoms with van der Waals surface area (Å²) in [4.78, 5) is 25.1. The Morgan fingerprint density at radius 1 is 1.39 bits per heavy atom. The van der Waals surface area contributed by atoms with Gasteiger partial charge in [-0.3, -0.25) is 0 Å². The molecule has 1 aliphatic rings. The monoisotopic (exact) mass is 256 g/mol. The minimum Gasteiger partial charge on any atom is -0.480 e. The van der Waals surface area contributed by atoms with Gasteiger partial charge < -0.3 is 15.3 Å². The van der Waals surface area contributed by atoms with Crippen LogP contribution in [0.1, 0.15) is 47.0 Å². The van der Waals surface area contributed by atoms with Crippen molar-refractivity contribution in [1.82, 2.24) is 10.2 Å². The van der Waals surface area contributed by atoms with Gasteiger partial charge in [0.1, 0.15) is 6.04 Å². The number of rotatable bonds is 4. The summed E-state index contributed by atoms with van der Waals surface area (Å²) in [7, 11) is 0. The highest BCUT2D eigenvalue weighted by Gasteiger charge is 2.35. The molecule has 2 unspecified atom stereocenters. The Bertz CT molecular complexity index is 317. The van der Waals surface area contributed by atoms with Gasteiger partial charge in [-0.25, -0.2) is 9.59 Å². The second-order valence-corrected chi connectivity index (χ2v) is 5.41. The number of aliphatic carboxylic acids is 1. The summed E-state index contributed by atoms with van der Waals surface area (Å²) in [6, 6.07) is -0.631. The fraction of sp³-hybridized carbons (Fsp3) is 0.846. The Labute approximate surface area is 109 Å². The molecule has 0 aliphatic carbocycles. The molecular formula is C13H24N2O3. The molecule has 0 saturated carbocycles. The summed E-state index contributed by atoms with van der Waals surface area (Å²) in [5, 5.41) is 11.7. The lowest BCUT2D eigenvalue weighted by molar-refractivity contribution is -0.140. The normalized spacial score (nSPS) is 25.3. The van der Waals surface area contributed by atoms with Crippen LogP contribution < -0.4 is 5.32 Å². The molecule has 1 aliphatic heterocycles. The van der Waals surface area contributed by atoms with Crippen LogP contribution in [0.5, 0.6) is 0 Å². The first kappa shape index (κ1) is 14.8. The number of carboxylic acid groups (broad SMARTS) is 1. The largest absolute Gasteiger partial charge is 0.480 e. The van der Waals surface area contributed by atoms with Crippen LogP contribution in [0.15, 0.2) is 0 Å². The number of nitrogens with zero attached hydrogens (tertiary/aromatic N) is 1. The lowest BCUT2D eigenvalue weighted by Crippen LogP contribution is -2.53. The highest BCUT2D eigenvalue weighted by Crippen LogP contribution is 2.26. The molecule has 2 N–H and O–H groups in total. The van der Waals surface area contributed by atoms with Crippen LogP contribution in [0.3, 0.4) is 0 Å². The number of carbonyl (C=O) groups is 2. The second kappa shape index (κ2) is 6.07. The van der Waals surface area contributed by atoms with Crippen LogP contribution in [-0.4, -0.2) is 40.1 Å². The third kappa shape index (κ3) is 3.15. The molecule has 1 rings (SSSR count). The number of hydrogen-bond acceptors (Lipinski definition) is 2. The Hall–Kier alpha value is -1.26. The van der Waals surface area contributed by atoms with Crippen LogP contribution in [0.25, 0.3) is 0 Å². The first-order chi connectivity index (χ1) is 8.38. The number of likely N-dealkylation sites (tertiary alicyclic amines) is 1. The molecule has 0 aromatic carbocycles. The maximum Gasteiger partial charge on any atom is 0.326 e. The second-order valence-electron chi connectivity index (χ2n) is 5.41. The Balaban J connectivity index is 2.71. The zero-order valence-electron chi connectivity index (χ0n) is 11.6. The van der Waals surface area contributed by atoms with E-state index in [2.05, 4.69) is 12.2 Å². The minimum atomic E-state index is -0.974. The van der Waals surface area contributed by atoms with E-state index in [1.54, 1.807) is 18.7 Å². The first-order valence-electron chi connectivity index (χ1n) is 6.70. The van der Waals surface area contributed by atoms with E-state index in [1.165, 1.54) is 0 Å². The predicted octanol–water partition coefficient (Wildman–Crippen LogP) is 2.07. The average molecular weight is 256 g/mol. The zero-order valence-corrected chi connectivity index (χ0v) is 11.6. The molecule has 0 bridgehead atoms. The lowest BCUT2D eigenvalue weighted by atomic mass is 10.1. The number of amides is 2. The summed E-state index contributed by atoms with van der Waals surface area (Å²) in [5.41, 5.74) is 0. The van der Waals surface area contributed by atoms with Gasteiger partial charge in [0.05, 0.1) is 0 Å². The fourth-order valence-electron chi connectivity index (χ4n) is 2.56. The third-order valence-electron chi connectivity index (χ3n) is 3.70. The van der Waals surface area contributed by atoms with Crippen molar-refractivity contribution >= 4 is 12.0 Å². The topological polar surface area (TPSA) is 69.6 Å². The van der Waals surface area contributed by atoms with Gasteiger partial charge in [0.2, 0.25) is 0 Å². The molecule has 5 heteroatoms. The van der Waals surface area contributed by atoms with Gasteiger partial charge in [0.15, 0.2) is 0 Å². The van der Waals surface area contributed by atoms with E-state index in [1.807, 2.05) is 6.92 Å². The fourth-order valence-corrected chi connectivity index (χ4v) is 2.56. The van der Waals surface area contributed by atoms with Crippen molar-refractivity contribution in [2.24, 2.45) is 5.92 Å². The van der Waals surface area contributed by atoms with Gasteiger partial charge in [-0.15, -0.1) is 0 Å². The van der Waals surface area contributed by atoms with E-state index in [9.17, 15) is 9.59 Å². The van der Waals surface area contributed by atoms with Crippen molar-refractivity contribution in [3.8, 4) is 0 Å². The summed E-state index contributed by atoms with van der Waals surface area (Å²) < 4.78 is 0. The van der Waals surface area contributed by atoms with Gasteiger partial charge in [-0.05, 0) is 32.1 Å². The van der Waals surface area contributed by atoms with E-state index in [0.717, 1.165) is 19.3 Å². The first-order valence-corrected chi connectivity index (χ1v) is 6.70. The van der Waals surface area contributed by atoms with E-state index in [0.29, 0.717) is 0 Å². The quantitative estimate of drug-likeness (QED) is 0.809. The van der Waals surface area contributed by atoms with Crippen LogP contribution in [0, 0.1) is 5.92 Å². The maximum absolute atomic E-state index is 12.2. The lowest BCUT2D eigenvalue weighted by Gasteiger charge is -2.30. The van der Waals surface area contributed by atoms with Crippen molar-refractivity contribution in [1.29, 1.82) is 0 Å². The van der Waals surface area contributed by atoms with Gasteiger partial charge in [-0.1, -0.05) is 20.8 Å². The molecular weight excluding hydrogens is 232 g/mol. The van der Waals surface area contributed by atoms with Crippen LogP contribution in [0.4, 0.5) is 4.79 Å². The molecule has 0 spiro atoms. The third-order valence-corrected chi connectivity index (χ3v) is 3.70. The highest BCUT2D eigenvalue weighted by atomic mass is 16.4. The standard InChI is InChI=1S/C13H24N2O3/c1-5-10-7-6-9(4)15(10)13(18)14-11(8(2)3)12(16)17/h8-11H,5-7H2,1-4H3,(H,14,18)(H,16,17)/t9?,10?,11-/m0/s1. The number of carboxylic acids is 1. The van der Waals surface area contributed by atoms with Crippen LogP contribution in [0.2, 0.25) is 0 Å². The van der Waals surface area contributed by atoms with Gasteiger partial charge >= 0.3 is 12.0 Å². The molecule has 1 fully saturated rings. The summed E-state index contributed by atoms with van der Waals surface area (Å²) >= 11 is 0. The average Bonchev–Trinajstić information content (AvgIpc) is 2.66. The molecule has 104 valence electrons. The molecule has 3 atom stereocenters. The predicted molar refractivity (Wildman–Crippen MR) is 69.4 cm³/mol. The smallest absolute Gasteiger partial charge is 0.326 e. The summed E-state index contributed by atoms with van der Waals surface area (Å²) in [6.45, 7) is 7.66. The molecule has 1 heterocycles. The molecule has 1 saturated heterocycles. The maximum atomic E-state index is 12.2. The van der Waals surface area contributed by atoms with Crippen molar-refractivity contribution in [3.05, 3.63) is 0 Å². The van der Waals surface area contributed by atoms with Gasteiger partial charge in [-0.2, -0.15) is 0 Å². The van der Waals surface area contributed by atoms with E-state index in [4.69, 9.17) is 5.11 Å². The number of urea groups is 1. The Kier molecular flexibility index (Phi) is 4.99. The molecule has 0 aromatic rings. The SMILES string of the molecule is CCC1CCC(C)N1C(=O)N[C@H](C(=O)O)C(C)C. The Morgan fingerprint density at radius 3 is 2.44 bits per heavy atom. The summed E-state index contributed by atoms with van der Waals surface area (Å²) in [5.74, 6) is -1.09. The number of carbonyl (C=O) groups excluding carboxylic acids is 1. The van der Waals surface area contributed by atoms with E-state index in [-0.39, 0.29) is 24.0 Å². The number of nitrogens with one attached hydrogen (secondary N) is 1. The minimum absolute atomic E-state index is 0.121. The molecule has 0 radical (unpaired) electrons. The zero-order chi connectivity index (χ0) is 13.9. The van der Waals surface area contributed by atoms with Crippen LogP contribution in [-0.2, 0) is 4.79 Å². The van der Waals surface area contributed by atoms with E-state index >= 15 is 0 Å². The van der Waals surface area contributed by atoms with Crippen LogP contribution >= 0.6 is 0 Å². The van der Waals surface area contributed by atoms with Crippen molar-refractivity contribution in [2.45, 2.75) is 65.1 Å². The number of hydrogen-bond donors (Lipinski definition) is 2. The van der Waals surface area contributed by atoms with E-state index < -0.39 is 12.0 Å². The van der Waals surface area contributed by atoms with Gasteiger partial charge in [0.25, 0.3) is 0 Å². The molecule has 2 amide bonds. The van der Waals surface area contributed by atoms with Crippen molar-refractivity contribution < 1.29 is 14.7 Å². The molecule has 18 heavy (non-hydrogen) atoms. The summed E-state index contributed by atoms with van der Waals surface area (Å²) in [6.07, 6.45) is 2.91.